The molecule has 0 aliphatic carbocycles. The molecule has 144 valence electrons. The lowest BCUT2D eigenvalue weighted by Crippen LogP contribution is -2.43. The summed E-state index contributed by atoms with van der Waals surface area (Å²) in [5, 5.41) is 0. The number of piperidine rings is 2. The fourth-order valence-electron chi connectivity index (χ4n) is 3.96. The van der Waals surface area contributed by atoms with Gasteiger partial charge in [-0.25, -0.2) is 9.97 Å². The van der Waals surface area contributed by atoms with Crippen molar-refractivity contribution in [2.45, 2.75) is 31.7 Å². The minimum absolute atomic E-state index is 0.0271. The van der Waals surface area contributed by atoms with Crippen LogP contribution < -0.4 is 15.5 Å². The molecule has 0 saturated carbocycles. The maximum absolute atomic E-state index is 11.7. The van der Waals surface area contributed by atoms with Crippen molar-refractivity contribution >= 4 is 23.3 Å². The summed E-state index contributed by atoms with van der Waals surface area (Å²) >= 11 is 0. The first-order chi connectivity index (χ1) is 12.5. The smallest absolute Gasteiger partial charge is 0.308 e. The van der Waals surface area contributed by atoms with Gasteiger partial charge in [-0.1, -0.05) is 0 Å². The third-order valence-corrected chi connectivity index (χ3v) is 5.74. The number of nitrogens with two attached hydrogens (primary N) is 1. The molecular formula is C18H30N6O2. The third-order valence-electron chi connectivity index (χ3n) is 5.74. The van der Waals surface area contributed by atoms with E-state index in [9.17, 15) is 4.79 Å². The van der Waals surface area contributed by atoms with Gasteiger partial charge < -0.3 is 25.2 Å². The molecule has 0 unspecified atom stereocenters. The van der Waals surface area contributed by atoms with E-state index in [1.54, 1.807) is 6.33 Å². The summed E-state index contributed by atoms with van der Waals surface area (Å²) in [6.07, 6.45) is 5.33. The number of rotatable bonds is 4. The molecule has 0 amide bonds. The molecule has 2 aliphatic heterocycles. The molecule has 3 rings (SSSR count). The first kappa shape index (κ1) is 18.7. The van der Waals surface area contributed by atoms with Gasteiger partial charge in [-0.3, -0.25) is 4.79 Å². The summed E-state index contributed by atoms with van der Waals surface area (Å²) in [6, 6.07) is 0.446. The van der Waals surface area contributed by atoms with E-state index in [1.165, 1.54) is 7.11 Å². The first-order valence-corrected chi connectivity index (χ1v) is 9.36. The van der Waals surface area contributed by atoms with Crippen LogP contribution in [0, 0.1) is 5.92 Å². The van der Waals surface area contributed by atoms with Gasteiger partial charge >= 0.3 is 5.97 Å². The van der Waals surface area contributed by atoms with Crippen LogP contribution in [0.1, 0.15) is 25.7 Å². The van der Waals surface area contributed by atoms with Crippen molar-refractivity contribution in [1.29, 1.82) is 0 Å². The highest BCUT2D eigenvalue weighted by atomic mass is 16.5. The highest BCUT2D eigenvalue weighted by Gasteiger charge is 2.29. The van der Waals surface area contributed by atoms with E-state index >= 15 is 0 Å². The monoisotopic (exact) mass is 362 g/mol. The number of methoxy groups -OCH3 is 1. The molecule has 0 spiro atoms. The van der Waals surface area contributed by atoms with Crippen LogP contribution >= 0.6 is 0 Å². The maximum atomic E-state index is 11.7. The first-order valence-electron chi connectivity index (χ1n) is 9.36. The fourth-order valence-corrected chi connectivity index (χ4v) is 3.96. The highest BCUT2D eigenvalue weighted by Crippen LogP contribution is 2.33. The van der Waals surface area contributed by atoms with Gasteiger partial charge in [-0.15, -0.1) is 0 Å². The molecule has 1 aromatic heterocycles. The largest absolute Gasteiger partial charge is 0.469 e. The molecule has 1 aromatic rings. The molecule has 2 N–H and O–H groups in total. The number of hydrogen-bond acceptors (Lipinski definition) is 8. The normalized spacial score (nSPS) is 20.2. The van der Waals surface area contributed by atoms with Crippen LogP contribution in [0.4, 0.5) is 17.3 Å². The van der Waals surface area contributed by atoms with Gasteiger partial charge in [0.1, 0.15) is 12.0 Å². The van der Waals surface area contributed by atoms with Crippen molar-refractivity contribution in [2.24, 2.45) is 5.92 Å². The van der Waals surface area contributed by atoms with Crippen LogP contribution in [0.2, 0.25) is 0 Å². The number of carbonyl (C=O) groups excluding carboxylic acids is 1. The molecule has 2 fully saturated rings. The SMILES string of the molecule is COC(=O)C1CCN(c2ncnc(N(C)C3CCN(C)CC3)c2N)CC1. The average molecular weight is 362 g/mol. The average Bonchev–Trinajstić information content (AvgIpc) is 2.68. The second-order valence-electron chi connectivity index (χ2n) is 7.36. The lowest BCUT2D eigenvalue weighted by molar-refractivity contribution is -0.146. The van der Waals surface area contributed by atoms with Gasteiger partial charge in [-0.05, 0) is 45.8 Å². The van der Waals surface area contributed by atoms with Crippen molar-refractivity contribution < 1.29 is 9.53 Å². The summed E-state index contributed by atoms with van der Waals surface area (Å²) in [5.74, 6) is 1.43. The van der Waals surface area contributed by atoms with E-state index in [0.29, 0.717) is 11.7 Å². The van der Waals surface area contributed by atoms with Crippen molar-refractivity contribution in [1.82, 2.24) is 14.9 Å². The van der Waals surface area contributed by atoms with Gasteiger partial charge in [0.15, 0.2) is 11.6 Å². The van der Waals surface area contributed by atoms with Gasteiger partial charge in [0.05, 0.1) is 13.0 Å². The minimum atomic E-state index is -0.122. The molecular weight excluding hydrogens is 332 g/mol. The topological polar surface area (TPSA) is 87.8 Å². The van der Waals surface area contributed by atoms with Gasteiger partial charge in [-0.2, -0.15) is 0 Å². The number of anilines is 3. The van der Waals surface area contributed by atoms with Gasteiger partial charge in [0, 0.05) is 26.2 Å². The lowest BCUT2D eigenvalue weighted by atomic mass is 9.97. The number of nitrogen functional groups attached to an aromatic ring is 1. The summed E-state index contributed by atoms with van der Waals surface area (Å²) in [5.41, 5.74) is 7.09. The van der Waals surface area contributed by atoms with Crippen LogP contribution in [0.5, 0.6) is 0 Å². The van der Waals surface area contributed by atoms with E-state index < -0.39 is 0 Å². The fraction of sp³-hybridized carbons (Fsp3) is 0.722. The van der Waals surface area contributed by atoms with E-state index in [1.807, 2.05) is 0 Å². The molecule has 3 heterocycles. The highest BCUT2D eigenvalue weighted by molar-refractivity contribution is 5.77. The lowest BCUT2D eigenvalue weighted by Gasteiger charge is -2.37. The maximum Gasteiger partial charge on any atom is 0.308 e. The Morgan fingerprint density at radius 3 is 2.46 bits per heavy atom. The Bertz CT molecular complexity index is 624. The number of nitrogens with zero attached hydrogens (tertiary/aromatic N) is 5. The Morgan fingerprint density at radius 2 is 1.85 bits per heavy atom. The molecule has 0 radical (unpaired) electrons. The van der Waals surface area contributed by atoms with Crippen LogP contribution in [-0.2, 0) is 9.53 Å². The molecule has 26 heavy (non-hydrogen) atoms. The zero-order valence-electron chi connectivity index (χ0n) is 16.0. The minimum Gasteiger partial charge on any atom is -0.469 e. The third kappa shape index (κ3) is 3.85. The van der Waals surface area contributed by atoms with Crippen molar-refractivity contribution in [3.8, 4) is 0 Å². The van der Waals surface area contributed by atoms with Crippen molar-refractivity contribution in [2.75, 3.05) is 62.9 Å². The molecule has 2 saturated heterocycles. The number of ether oxygens (including phenoxy) is 1. The number of carbonyl (C=O) groups is 1. The van der Waals surface area contributed by atoms with Crippen molar-refractivity contribution in [3.63, 3.8) is 0 Å². The van der Waals surface area contributed by atoms with Crippen molar-refractivity contribution in [3.05, 3.63) is 6.33 Å². The van der Waals surface area contributed by atoms with Gasteiger partial charge in [0.25, 0.3) is 0 Å². The Hall–Kier alpha value is -2.09. The predicted molar refractivity (Wildman–Crippen MR) is 102 cm³/mol. The summed E-state index contributed by atoms with van der Waals surface area (Å²) in [6.45, 7) is 3.68. The summed E-state index contributed by atoms with van der Waals surface area (Å²) in [4.78, 5) is 27.3. The zero-order chi connectivity index (χ0) is 18.7. The summed E-state index contributed by atoms with van der Waals surface area (Å²) in [7, 11) is 5.68. The molecule has 0 atom stereocenters. The number of hydrogen-bond donors (Lipinski definition) is 1. The number of esters is 1. The van der Waals surface area contributed by atoms with E-state index in [4.69, 9.17) is 10.5 Å². The van der Waals surface area contributed by atoms with E-state index in [0.717, 1.165) is 63.5 Å². The van der Waals surface area contributed by atoms with E-state index in [-0.39, 0.29) is 11.9 Å². The second kappa shape index (κ2) is 8.07. The standard InChI is InChI=1S/C18H30N6O2/c1-22-8-6-14(7-9-22)23(2)16-15(19)17(21-12-20-16)24-10-4-13(5-11-24)18(25)26-3/h12-14H,4-11,19H2,1-3H3. The Morgan fingerprint density at radius 1 is 1.19 bits per heavy atom. The zero-order valence-corrected chi connectivity index (χ0v) is 16.0. The van der Waals surface area contributed by atoms with E-state index in [2.05, 4.69) is 38.8 Å². The molecule has 2 aliphatic rings. The van der Waals surface area contributed by atoms with Crippen LogP contribution in [0.15, 0.2) is 6.33 Å². The molecule has 0 aromatic carbocycles. The molecule has 8 heteroatoms. The number of aromatic nitrogens is 2. The van der Waals surface area contributed by atoms with Gasteiger partial charge in [0.2, 0.25) is 0 Å². The number of likely N-dealkylation sites (tertiary alicyclic amines) is 1. The molecule has 0 bridgehead atoms. The quantitative estimate of drug-likeness (QED) is 0.793. The van der Waals surface area contributed by atoms with Crippen LogP contribution in [-0.4, -0.2) is 74.3 Å². The Labute approximate surface area is 155 Å². The Kier molecular flexibility index (Phi) is 5.80. The van der Waals surface area contributed by atoms with Crippen LogP contribution in [0.25, 0.3) is 0 Å². The van der Waals surface area contributed by atoms with Crippen LogP contribution in [0.3, 0.4) is 0 Å². The second-order valence-corrected chi connectivity index (χ2v) is 7.36. The Balaban J connectivity index is 1.70. The molecule has 8 nitrogen and oxygen atoms in total. The summed E-state index contributed by atoms with van der Waals surface area (Å²) < 4.78 is 4.86. The predicted octanol–water partition coefficient (Wildman–Crippen LogP) is 0.979.